The van der Waals surface area contributed by atoms with Gasteiger partial charge in [-0.3, -0.25) is 4.57 Å². The van der Waals surface area contributed by atoms with Crippen molar-refractivity contribution < 1.29 is 4.57 Å². The highest BCUT2D eigenvalue weighted by molar-refractivity contribution is 7.71. The zero-order valence-electron chi connectivity index (χ0n) is 10.0. The molecule has 0 aliphatic carbocycles. The minimum absolute atomic E-state index is 0.274. The third-order valence-electron chi connectivity index (χ3n) is 3.01. The highest BCUT2D eigenvalue weighted by atomic mass is 35.7. The molecule has 0 saturated heterocycles. The lowest BCUT2D eigenvalue weighted by Crippen LogP contribution is -2.39. The second-order valence-corrected chi connectivity index (χ2v) is 6.62. The summed E-state index contributed by atoms with van der Waals surface area (Å²) in [5.74, 6) is 0.952. The molecule has 3 unspecified atom stereocenters. The van der Waals surface area contributed by atoms with Crippen LogP contribution in [0.25, 0.3) is 0 Å². The average molecular weight is 240 g/mol. The maximum Gasteiger partial charge on any atom is 0.223 e. The van der Waals surface area contributed by atoms with E-state index >= 15 is 0 Å². The minimum atomic E-state index is -2.10. The van der Waals surface area contributed by atoms with Crippen LogP contribution in [0, 0.1) is 11.8 Å². The van der Waals surface area contributed by atoms with Crippen molar-refractivity contribution in [1.29, 1.82) is 0 Å². The van der Waals surface area contributed by atoms with Crippen LogP contribution in [0.4, 0.5) is 0 Å². The van der Waals surface area contributed by atoms with E-state index in [4.69, 9.17) is 11.2 Å². The maximum absolute atomic E-state index is 11.5. The van der Waals surface area contributed by atoms with Gasteiger partial charge in [0.15, 0.2) is 0 Å². The van der Waals surface area contributed by atoms with Crippen molar-refractivity contribution in [2.24, 2.45) is 11.8 Å². The summed E-state index contributed by atoms with van der Waals surface area (Å²) < 4.78 is 13.5. The lowest BCUT2D eigenvalue weighted by Gasteiger charge is -2.36. The predicted octanol–water partition coefficient (Wildman–Crippen LogP) is 4.01. The van der Waals surface area contributed by atoms with E-state index in [1.165, 1.54) is 0 Å². The van der Waals surface area contributed by atoms with Crippen LogP contribution < -0.4 is 0 Å². The van der Waals surface area contributed by atoms with E-state index in [0.29, 0.717) is 11.8 Å². The molecule has 2 nitrogen and oxygen atoms in total. The normalized spacial score (nSPS) is 19.0. The van der Waals surface area contributed by atoms with Crippen molar-refractivity contribution >= 4 is 18.5 Å². The SMILES string of the molecule is CC(C)C(C)N(C(C)C(C)C)[PH](=O)Cl. The topological polar surface area (TPSA) is 20.3 Å². The van der Waals surface area contributed by atoms with E-state index < -0.39 is 7.30 Å². The van der Waals surface area contributed by atoms with E-state index in [1.54, 1.807) is 0 Å². The molecule has 86 valence electrons. The molecule has 0 aromatic rings. The second kappa shape index (κ2) is 6.15. The quantitative estimate of drug-likeness (QED) is 0.676. The Hall–Kier alpha value is 0.480. The van der Waals surface area contributed by atoms with E-state index in [2.05, 4.69) is 41.5 Å². The summed E-state index contributed by atoms with van der Waals surface area (Å²) in [6.45, 7) is 12.7. The van der Waals surface area contributed by atoms with Crippen LogP contribution in [0.15, 0.2) is 0 Å². The van der Waals surface area contributed by atoms with E-state index in [0.717, 1.165) is 0 Å². The summed E-state index contributed by atoms with van der Waals surface area (Å²) in [7, 11) is -2.10. The molecular formula is C10H23ClNOP. The summed E-state index contributed by atoms with van der Waals surface area (Å²) in [5, 5.41) is 0. The highest BCUT2D eigenvalue weighted by Crippen LogP contribution is 2.39. The Balaban J connectivity index is 4.68. The molecule has 0 spiro atoms. The Morgan fingerprint density at radius 2 is 1.21 bits per heavy atom. The molecular weight excluding hydrogens is 217 g/mol. The van der Waals surface area contributed by atoms with E-state index in [9.17, 15) is 4.57 Å². The fraction of sp³-hybridized carbons (Fsp3) is 1.00. The van der Waals surface area contributed by atoms with Crippen LogP contribution in [-0.2, 0) is 4.57 Å². The molecule has 0 aromatic carbocycles. The third-order valence-corrected chi connectivity index (χ3v) is 4.82. The molecule has 0 aliphatic heterocycles. The molecule has 0 aliphatic rings. The van der Waals surface area contributed by atoms with Crippen molar-refractivity contribution in [3.05, 3.63) is 0 Å². The van der Waals surface area contributed by atoms with Gasteiger partial charge in [0, 0.05) is 12.1 Å². The molecule has 4 heteroatoms. The molecule has 0 amide bonds. The monoisotopic (exact) mass is 239 g/mol. The van der Waals surface area contributed by atoms with Gasteiger partial charge in [0.1, 0.15) is 0 Å². The zero-order chi connectivity index (χ0) is 11.5. The van der Waals surface area contributed by atoms with Gasteiger partial charge in [-0.25, -0.2) is 4.67 Å². The molecule has 0 aromatic heterocycles. The maximum atomic E-state index is 11.5. The highest BCUT2D eigenvalue weighted by Gasteiger charge is 2.27. The average Bonchev–Trinajstić information content (AvgIpc) is 2.03. The molecule has 0 rings (SSSR count). The predicted molar refractivity (Wildman–Crippen MR) is 65.3 cm³/mol. The molecule has 0 heterocycles. The first kappa shape index (κ1) is 14.5. The Morgan fingerprint density at radius 3 is 1.36 bits per heavy atom. The molecule has 0 saturated carbocycles. The summed E-state index contributed by atoms with van der Waals surface area (Å²) >= 11 is 5.79. The molecule has 14 heavy (non-hydrogen) atoms. The van der Waals surface area contributed by atoms with Crippen molar-refractivity contribution in [2.75, 3.05) is 0 Å². The summed E-state index contributed by atoms with van der Waals surface area (Å²) in [6, 6.07) is 0.549. The Labute approximate surface area is 93.6 Å². The zero-order valence-corrected chi connectivity index (χ0v) is 11.8. The van der Waals surface area contributed by atoms with Crippen LogP contribution in [0.2, 0.25) is 0 Å². The molecule has 0 radical (unpaired) electrons. The van der Waals surface area contributed by atoms with Crippen LogP contribution in [0.3, 0.4) is 0 Å². The van der Waals surface area contributed by atoms with Crippen molar-refractivity contribution in [3.8, 4) is 0 Å². The fourth-order valence-electron chi connectivity index (χ4n) is 1.33. The van der Waals surface area contributed by atoms with E-state index in [1.807, 2.05) is 4.67 Å². The first-order chi connectivity index (χ1) is 6.29. The van der Waals surface area contributed by atoms with Crippen molar-refractivity contribution in [2.45, 2.75) is 53.6 Å². The first-order valence-electron chi connectivity index (χ1n) is 5.26. The van der Waals surface area contributed by atoms with Gasteiger partial charge in [-0.15, -0.1) is 0 Å². The van der Waals surface area contributed by atoms with Gasteiger partial charge in [-0.05, 0) is 36.9 Å². The Kier molecular flexibility index (Phi) is 6.36. The summed E-state index contributed by atoms with van der Waals surface area (Å²) in [4.78, 5) is 0. The number of hydrogen-bond acceptors (Lipinski definition) is 1. The minimum Gasteiger partial charge on any atom is -0.292 e. The summed E-state index contributed by atoms with van der Waals surface area (Å²) in [6.07, 6.45) is 0. The van der Waals surface area contributed by atoms with Gasteiger partial charge >= 0.3 is 0 Å². The molecule has 0 bridgehead atoms. The van der Waals surface area contributed by atoms with E-state index in [-0.39, 0.29) is 12.1 Å². The fourth-order valence-corrected chi connectivity index (χ4v) is 3.49. The smallest absolute Gasteiger partial charge is 0.223 e. The number of halogens is 1. The largest absolute Gasteiger partial charge is 0.292 e. The van der Waals surface area contributed by atoms with Crippen molar-refractivity contribution in [1.82, 2.24) is 4.67 Å². The van der Waals surface area contributed by atoms with Gasteiger partial charge in [0.2, 0.25) is 7.30 Å². The van der Waals surface area contributed by atoms with Crippen LogP contribution in [0.5, 0.6) is 0 Å². The van der Waals surface area contributed by atoms with Gasteiger partial charge < -0.3 is 0 Å². The molecule has 0 N–H and O–H groups in total. The second-order valence-electron chi connectivity index (χ2n) is 4.63. The summed E-state index contributed by atoms with van der Waals surface area (Å²) in [5.41, 5.74) is 0. The molecule has 0 fully saturated rings. The van der Waals surface area contributed by atoms with Gasteiger partial charge in [0.25, 0.3) is 0 Å². The lowest BCUT2D eigenvalue weighted by molar-refractivity contribution is 0.199. The number of hydrogen-bond donors (Lipinski definition) is 0. The van der Waals surface area contributed by atoms with Crippen molar-refractivity contribution in [3.63, 3.8) is 0 Å². The third kappa shape index (κ3) is 3.92. The van der Waals surface area contributed by atoms with Crippen LogP contribution in [-0.4, -0.2) is 16.8 Å². The lowest BCUT2D eigenvalue weighted by atomic mass is 10.0. The van der Waals surface area contributed by atoms with Crippen LogP contribution in [0.1, 0.15) is 41.5 Å². The number of rotatable bonds is 5. The van der Waals surface area contributed by atoms with Gasteiger partial charge in [-0.2, -0.15) is 0 Å². The van der Waals surface area contributed by atoms with Gasteiger partial charge in [-0.1, -0.05) is 27.7 Å². The van der Waals surface area contributed by atoms with Gasteiger partial charge in [0.05, 0.1) is 0 Å². The Morgan fingerprint density at radius 1 is 0.929 bits per heavy atom. The molecule has 3 atom stereocenters. The van der Waals surface area contributed by atoms with Crippen LogP contribution >= 0.6 is 18.5 Å². The number of nitrogens with zero attached hydrogens (tertiary/aromatic N) is 1. The first-order valence-corrected chi connectivity index (χ1v) is 7.63. The standard InChI is InChI=1S/C10H23ClNOP/c1-7(2)9(5)12(14(11)13)10(6)8(3)4/h7-10,14H,1-6H3. The Bertz CT molecular complexity index is 183.